The molecule has 1 N–H and O–H groups in total. The maximum absolute atomic E-state index is 13.0. The molecule has 10 heteroatoms. The summed E-state index contributed by atoms with van der Waals surface area (Å²) < 4.78 is 27.5. The number of benzene rings is 1. The van der Waals surface area contributed by atoms with Gasteiger partial charge in [-0.3, -0.25) is 14.4 Å². The van der Waals surface area contributed by atoms with Gasteiger partial charge in [0.1, 0.15) is 0 Å². The highest BCUT2D eigenvalue weighted by molar-refractivity contribution is 7.89. The average Bonchev–Trinajstić information content (AvgIpc) is 3.08. The quantitative estimate of drug-likeness (QED) is 0.689. The molecular formula is C22H32N4O5S. The van der Waals surface area contributed by atoms with Crippen LogP contribution in [-0.2, 0) is 24.4 Å². The molecule has 2 aliphatic rings. The van der Waals surface area contributed by atoms with Gasteiger partial charge in [0.25, 0.3) is 0 Å². The molecule has 2 fully saturated rings. The summed E-state index contributed by atoms with van der Waals surface area (Å²) in [5, 5.41) is 2.70. The van der Waals surface area contributed by atoms with Gasteiger partial charge in [-0.2, -0.15) is 4.31 Å². The number of sulfonamides is 1. The van der Waals surface area contributed by atoms with Crippen LogP contribution in [0.5, 0.6) is 0 Å². The van der Waals surface area contributed by atoms with E-state index in [0.717, 1.165) is 25.7 Å². The van der Waals surface area contributed by atoms with Crippen LogP contribution in [0.4, 0.5) is 5.69 Å². The van der Waals surface area contributed by atoms with Gasteiger partial charge in [-0.15, -0.1) is 0 Å². The first-order valence-corrected chi connectivity index (χ1v) is 12.6. The molecule has 0 aromatic heterocycles. The van der Waals surface area contributed by atoms with Gasteiger partial charge in [0, 0.05) is 64.7 Å². The van der Waals surface area contributed by atoms with Crippen molar-refractivity contribution in [2.75, 3.05) is 44.6 Å². The van der Waals surface area contributed by atoms with Crippen LogP contribution in [0.15, 0.2) is 29.2 Å². The fourth-order valence-electron chi connectivity index (χ4n) is 4.04. The average molecular weight is 465 g/mol. The molecule has 3 amide bonds. The normalized spacial score (nSPS) is 18.2. The summed E-state index contributed by atoms with van der Waals surface area (Å²) in [4.78, 5) is 39.6. The monoisotopic (exact) mass is 464 g/mol. The minimum absolute atomic E-state index is 0.00318. The van der Waals surface area contributed by atoms with Crippen molar-refractivity contribution in [2.45, 2.75) is 50.3 Å². The van der Waals surface area contributed by atoms with Crippen molar-refractivity contribution in [1.29, 1.82) is 0 Å². The molecule has 9 nitrogen and oxygen atoms in total. The summed E-state index contributed by atoms with van der Waals surface area (Å²) in [7, 11) is -3.60. The van der Waals surface area contributed by atoms with E-state index in [4.69, 9.17) is 0 Å². The third kappa shape index (κ3) is 6.29. The van der Waals surface area contributed by atoms with Gasteiger partial charge in [-0.1, -0.05) is 18.9 Å². The zero-order chi connectivity index (χ0) is 23.1. The van der Waals surface area contributed by atoms with Crippen molar-refractivity contribution in [3.05, 3.63) is 24.3 Å². The number of hydrogen-bond acceptors (Lipinski definition) is 5. The minimum atomic E-state index is -3.60. The van der Waals surface area contributed by atoms with Crippen molar-refractivity contribution < 1.29 is 22.8 Å². The molecule has 2 saturated heterocycles. The first-order valence-electron chi connectivity index (χ1n) is 11.2. The second-order valence-corrected chi connectivity index (χ2v) is 10.2. The molecule has 0 spiro atoms. The lowest BCUT2D eigenvalue weighted by molar-refractivity contribution is -0.138. The summed E-state index contributed by atoms with van der Waals surface area (Å²) in [6.45, 7) is 4.49. The summed E-state index contributed by atoms with van der Waals surface area (Å²) in [6.07, 6.45) is 3.86. The van der Waals surface area contributed by atoms with Crippen LogP contribution in [-0.4, -0.2) is 79.5 Å². The van der Waals surface area contributed by atoms with E-state index >= 15 is 0 Å². The van der Waals surface area contributed by atoms with Crippen LogP contribution in [0, 0.1) is 0 Å². The van der Waals surface area contributed by atoms with Gasteiger partial charge in [0.15, 0.2) is 0 Å². The predicted molar refractivity (Wildman–Crippen MR) is 120 cm³/mol. The Balaban J connectivity index is 1.52. The van der Waals surface area contributed by atoms with Crippen LogP contribution in [0.25, 0.3) is 0 Å². The van der Waals surface area contributed by atoms with Crippen LogP contribution in [0.1, 0.15) is 45.4 Å². The third-order valence-corrected chi connectivity index (χ3v) is 7.86. The van der Waals surface area contributed by atoms with Gasteiger partial charge in [0.2, 0.25) is 27.7 Å². The smallest absolute Gasteiger partial charge is 0.243 e. The molecule has 0 unspecified atom stereocenters. The molecule has 1 aromatic rings. The minimum Gasteiger partial charge on any atom is -0.339 e. The lowest BCUT2D eigenvalue weighted by atomic mass is 10.2. The van der Waals surface area contributed by atoms with E-state index in [1.807, 2.05) is 0 Å². The Labute approximate surface area is 189 Å². The summed E-state index contributed by atoms with van der Waals surface area (Å²) in [6, 6.07) is 6.27. The third-order valence-electron chi connectivity index (χ3n) is 5.96. The Morgan fingerprint density at radius 3 is 2.12 bits per heavy atom. The van der Waals surface area contributed by atoms with Crippen molar-refractivity contribution in [1.82, 2.24) is 14.1 Å². The Hall–Kier alpha value is -2.46. The van der Waals surface area contributed by atoms with Crippen LogP contribution >= 0.6 is 0 Å². The van der Waals surface area contributed by atoms with E-state index in [2.05, 4.69) is 5.32 Å². The number of rotatable bonds is 6. The molecule has 176 valence electrons. The Kier molecular flexibility index (Phi) is 8.25. The largest absolute Gasteiger partial charge is 0.339 e. The van der Waals surface area contributed by atoms with E-state index in [1.54, 1.807) is 28.0 Å². The van der Waals surface area contributed by atoms with E-state index < -0.39 is 10.0 Å². The van der Waals surface area contributed by atoms with Crippen molar-refractivity contribution in [2.24, 2.45) is 0 Å². The lowest BCUT2D eigenvalue weighted by Crippen LogP contribution is -2.50. The van der Waals surface area contributed by atoms with E-state index in [9.17, 15) is 22.8 Å². The summed E-state index contributed by atoms with van der Waals surface area (Å²) >= 11 is 0. The maximum Gasteiger partial charge on any atom is 0.243 e. The first-order chi connectivity index (χ1) is 15.3. The molecule has 1 aromatic carbocycles. The molecule has 0 saturated carbocycles. The molecule has 32 heavy (non-hydrogen) atoms. The van der Waals surface area contributed by atoms with E-state index in [0.29, 0.717) is 45.0 Å². The van der Waals surface area contributed by atoms with E-state index in [1.165, 1.54) is 17.3 Å². The predicted octanol–water partition coefficient (Wildman–Crippen LogP) is 1.66. The summed E-state index contributed by atoms with van der Waals surface area (Å²) in [5.41, 5.74) is 0.397. The summed E-state index contributed by atoms with van der Waals surface area (Å²) in [5.74, 6) is -0.470. The SMILES string of the molecule is CC(=O)N1CCN(C(=O)CCC(=O)Nc2cccc(S(=O)(=O)N3CCCCCC3)c2)CC1. The number of carbonyl (C=O) groups excluding carboxylic acids is 3. The van der Waals surface area contributed by atoms with Crippen molar-refractivity contribution in [3.63, 3.8) is 0 Å². The van der Waals surface area contributed by atoms with Crippen LogP contribution < -0.4 is 5.32 Å². The van der Waals surface area contributed by atoms with Gasteiger partial charge in [0.05, 0.1) is 4.90 Å². The van der Waals surface area contributed by atoms with Gasteiger partial charge in [-0.25, -0.2) is 8.42 Å². The highest BCUT2D eigenvalue weighted by atomic mass is 32.2. The van der Waals surface area contributed by atoms with Crippen molar-refractivity contribution in [3.8, 4) is 0 Å². The van der Waals surface area contributed by atoms with Gasteiger partial charge < -0.3 is 15.1 Å². The molecule has 2 heterocycles. The first kappa shape index (κ1) is 24.2. The number of amides is 3. The van der Waals surface area contributed by atoms with E-state index in [-0.39, 0.29) is 35.5 Å². The number of hydrogen-bond donors (Lipinski definition) is 1. The lowest BCUT2D eigenvalue weighted by Gasteiger charge is -2.34. The Morgan fingerprint density at radius 2 is 1.50 bits per heavy atom. The maximum atomic E-state index is 13.0. The number of piperazine rings is 1. The molecule has 3 rings (SSSR count). The van der Waals surface area contributed by atoms with Crippen LogP contribution in [0.3, 0.4) is 0 Å². The highest BCUT2D eigenvalue weighted by Crippen LogP contribution is 2.23. The molecule has 0 atom stereocenters. The highest BCUT2D eigenvalue weighted by Gasteiger charge is 2.26. The van der Waals surface area contributed by atoms with Gasteiger partial charge in [-0.05, 0) is 31.0 Å². The van der Waals surface area contributed by atoms with Crippen LogP contribution in [0.2, 0.25) is 0 Å². The molecule has 0 aliphatic carbocycles. The second-order valence-electron chi connectivity index (χ2n) is 8.28. The fraction of sp³-hybridized carbons (Fsp3) is 0.591. The molecular weight excluding hydrogens is 432 g/mol. The number of nitrogens with zero attached hydrogens (tertiary/aromatic N) is 3. The zero-order valence-electron chi connectivity index (χ0n) is 18.6. The Morgan fingerprint density at radius 1 is 0.875 bits per heavy atom. The Bertz CT molecular complexity index is 933. The van der Waals surface area contributed by atoms with Crippen molar-refractivity contribution >= 4 is 33.4 Å². The molecule has 0 radical (unpaired) electrons. The standard InChI is InChI=1S/C22H32N4O5S/c1-18(27)24-13-15-25(16-14-24)22(29)10-9-21(28)23-19-7-6-8-20(17-19)32(30,31)26-11-4-2-3-5-12-26/h6-8,17H,2-5,9-16H2,1H3,(H,23,28). The molecule has 0 bridgehead atoms. The number of nitrogens with one attached hydrogen (secondary N) is 1. The molecule has 2 aliphatic heterocycles. The second kappa shape index (κ2) is 10.9. The van der Waals surface area contributed by atoms with Gasteiger partial charge >= 0.3 is 0 Å². The number of anilines is 1. The topological polar surface area (TPSA) is 107 Å². The fourth-order valence-corrected chi connectivity index (χ4v) is 5.60. The zero-order valence-corrected chi connectivity index (χ0v) is 19.4. The number of carbonyl (C=O) groups is 3.